The lowest BCUT2D eigenvalue weighted by Gasteiger charge is -2.14. The lowest BCUT2D eigenvalue weighted by Crippen LogP contribution is -2.06. The molecule has 0 saturated heterocycles. The largest absolute Gasteiger partial charge is 0.493 e. The molecule has 0 unspecified atom stereocenters. The van der Waals surface area contributed by atoms with Crippen molar-refractivity contribution in [3.05, 3.63) is 53.6 Å². The smallest absolute Gasteiger partial charge is 0.161 e. The van der Waals surface area contributed by atoms with Crippen molar-refractivity contribution in [2.24, 2.45) is 5.92 Å². The number of rotatable bonds is 8. The molecule has 3 heteroatoms. The van der Waals surface area contributed by atoms with E-state index in [0.29, 0.717) is 12.5 Å². The molecular weight excluding hydrogens is 286 g/mol. The van der Waals surface area contributed by atoms with E-state index in [2.05, 4.69) is 62.5 Å². The third-order valence-corrected chi connectivity index (χ3v) is 3.66. The Bertz CT molecular complexity index is 606. The molecule has 0 saturated carbocycles. The van der Waals surface area contributed by atoms with E-state index in [1.165, 1.54) is 11.1 Å². The molecule has 0 atom stereocenters. The Balaban J connectivity index is 2.02. The predicted molar refractivity (Wildman–Crippen MR) is 96.5 cm³/mol. The van der Waals surface area contributed by atoms with Gasteiger partial charge in [0.1, 0.15) is 0 Å². The van der Waals surface area contributed by atoms with Crippen molar-refractivity contribution >= 4 is 5.69 Å². The standard InChI is InChI=1S/C20H27NO2/c1-5-16-6-9-18(10-7-16)21-13-17-8-11-19(22-4)20(12-17)23-14-15(2)3/h6-12,15,21H,5,13-14H2,1-4H3. The van der Waals surface area contributed by atoms with Gasteiger partial charge in [0, 0.05) is 12.2 Å². The molecule has 2 aromatic rings. The summed E-state index contributed by atoms with van der Waals surface area (Å²) in [7, 11) is 1.67. The summed E-state index contributed by atoms with van der Waals surface area (Å²) >= 11 is 0. The minimum Gasteiger partial charge on any atom is -0.493 e. The molecular formula is C20H27NO2. The van der Waals surface area contributed by atoms with Crippen LogP contribution >= 0.6 is 0 Å². The first kappa shape index (κ1) is 17.2. The van der Waals surface area contributed by atoms with Crippen molar-refractivity contribution in [2.45, 2.75) is 33.7 Å². The quantitative estimate of drug-likeness (QED) is 0.751. The average Bonchev–Trinajstić information content (AvgIpc) is 2.58. The van der Waals surface area contributed by atoms with Gasteiger partial charge in [-0.1, -0.05) is 39.0 Å². The van der Waals surface area contributed by atoms with Gasteiger partial charge in [-0.25, -0.2) is 0 Å². The number of hydrogen-bond acceptors (Lipinski definition) is 3. The zero-order chi connectivity index (χ0) is 16.7. The highest BCUT2D eigenvalue weighted by Gasteiger charge is 2.07. The van der Waals surface area contributed by atoms with Gasteiger partial charge in [0.25, 0.3) is 0 Å². The van der Waals surface area contributed by atoms with Crippen LogP contribution in [0.1, 0.15) is 31.9 Å². The summed E-state index contributed by atoms with van der Waals surface area (Å²) in [5.74, 6) is 2.07. The maximum absolute atomic E-state index is 5.86. The van der Waals surface area contributed by atoms with E-state index in [9.17, 15) is 0 Å². The fourth-order valence-electron chi connectivity index (χ4n) is 2.26. The molecule has 2 aromatic carbocycles. The molecule has 2 rings (SSSR count). The fourth-order valence-corrected chi connectivity index (χ4v) is 2.26. The van der Waals surface area contributed by atoms with Crippen molar-refractivity contribution in [2.75, 3.05) is 19.0 Å². The summed E-state index contributed by atoms with van der Waals surface area (Å²) in [5, 5.41) is 3.45. The average molecular weight is 313 g/mol. The summed E-state index contributed by atoms with van der Waals surface area (Å²) in [6.07, 6.45) is 1.06. The third kappa shape index (κ3) is 5.20. The molecule has 23 heavy (non-hydrogen) atoms. The first-order valence-corrected chi connectivity index (χ1v) is 8.25. The van der Waals surface area contributed by atoms with Crippen molar-refractivity contribution < 1.29 is 9.47 Å². The van der Waals surface area contributed by atoms with E-state index in [-0.39, 0.29) is 0 Å². The third-order valence-electron chi connectivity index (χ3n) is 3.66. The maximum atomic E-state index is 5.86. The number of anilines is 1. The first-order valence-electron chi connectivity index (χ1n) is 8.25. The van der Waals surface area contributed by atoms with E-state index >= 15 is 0 Å². The van der Waals surface area contributed by atoms with Gasteiger partial charge in [0.15, 0.2) is 11.5 Å². The highest BCUT2D eigenvalue weighted by atomic mass is 16.5. The Kier molecular flexibility index (Phi) is 6.33. The molecule has 0 heterocycles. The number of nitrogens with one attached hydrogen (secondary N) is 1. The van der Waals surface area contributed by atoms with Gasteiger partial charge in [-0.2, -0.15) is 0 Å². The Morgan fingerprint density at radius 3 is 2.26 bits per heavy atom. The second-order valence-corrected chi connectivity index (χ2v) is 6.09. The molecule has 0 aliphatic carbocycles. The Morgan fingerprint density at radius 1 is 0.957 bits per heavy atom. The molecule has 3 nitrogen and oxygen atoms in total. The number of ether oxygens (including phenoxy) is 2. The Labute approximate surface area is 139 Å². The van der Waals surface area contributed by atoms with Crippen LogP contribution in [-0.2, 0) is 13.0 Å². The number of methoxy groups -OCH3 is 1. The fraction of sp³-hybridized carbons (Fsp3) is 0.400. The summed E-state index contributed by atoms with van der Waals surface area (Å²) in [4.78, 5) is 0. The van der Waals surface area contributed by atoms with Crippen LogP contribution in [-0.4, -0.2) is 13.7 Å². The summed E-state index contributed by atoms with van der Waals surface area (Å²) in [6.45, 7) is 7.88. The summed E-state index contributed by atoms with van der Waals surface area (Å²) in [5.41, 5.74) is 3.65. The monoisotopic (exact) mass is 313 g/mol. The van der Waals surface area contributed by atoms with Gasteiger partial charge in [0.05, 0.1) is 13.7 Å². The SMILES string of the molecule is CCc1ccc(NCc2ccc(OC)c(OCC(C)C)c2)cc1. The van der Waals surface area contributed by atoms with Gasteiger partial charge >= 0.3 is 0 Å². The summed E-state index contributed by atoms with van der Waals surface area (Å²) in [6, 6.07) is 14.6. The molecule has 0 aliphatic rings. The lowest BCUT2D eigenvalue weighted by atomic mass is 10.1. The van der Waals surface area contributed by atoms with Crippen LogP contribution in [0.5, 0.6) is 11.5 Å². The highest BCUT2D eigenvalue weighted by molar-refractivity contribution is 5.47. The number of hydrogen-bond donors (Lipinski definition) is 1. The van der Waals surface area contributed by atoms with Crippen LogP contribution in [0.15, 0.2) is 42.5 Å². The van der Waals surface area contributed by atoms with E-state index in [1.807, 2.05) is 6.07 Å². The van der Waals surface area contributed by atoms with E-state index in [4.69, 9.17) is 9.47 Å². The van der Waals surface area contributed by atoms with E-state index in [0.717, 1.165) is 30.2 Å². The molecule has 0 bridgehead atoms. The Hall–Kier alpha value is -2.16. The van der Waals surface area contributed by atoms with Crippen molar-refractivity contribution in [1.29, 1.82) is 0 Å². The predicted octanol–water partition coefficient (Wildman–Crippen LogP) is 4.90. The van der Waals surface area contributed by atoms with Crippen LogP contribution in [0.25, 0.3) is 0 Å². The normalized spacial score (nSPS) is 10.7. The molecule has 0 aromatic heterocycles. The van der Waals surface area contributed by atoms with E-state index in [1.54, 1.807) is 7.11 Å². The Morgan fingerprint density at radius 2 is 1.65 bits per heavy atom. The minimum atomic E-state index is 0.485. The zero-order valence-electron chi connectivity index (χ0n) is 14.6. The van der Waals surface area contributed by atoms with Crippen molar-refractivity contribution in [3.63, 3.8) is 0 Å². The molecule has 124 valence electrons. The lowest BCUT2D eigenvalue weighted by molar-refractivity contribution is 0.256. The second kappa shape index (κ2) is 8.47. The maximum Gasteiger partial charge on any atom is 0.161 e. The molecule has 0 spiro atoms. The van der Waals surface area contributed by atoms with Gasteiger partial charge in [-0.3, -0.25) is 0 Å². The first-order chi connectivity index (χ1) is 11.1. The minimum absolute atomic E-state index is 0.485. The topological polar surface area (TPSA) is 30.5 Å². The molecule has 0 radical (unpaired) electrons. The number of aryl methyl sites for hydroxylation is 1. The molecule has 0 amide bonds. The van der Waals surface area contributed by atoms with Gasteiger partial charge in [-0.05, 0) is 47.7 Å². The van der Waals surface area contributed by atoms with Gasteiger partial charge in [-0.15, -0.1) is 0 Å². The van der Waals surface area contributed by atoms with Crippen LogP contribution in [0.3, 0.4) is 0 Å². The molecule has 0 aliphatic heterocycles. The highest BCUT2D eigenvalue weighted by Crippen LogP contribution is 2.28. The zero-order valence-corrected chi connectivity index (χ0v) is 14.6. The van der Waals surface area contributed by atoms with Gasteiger partial charge in [0.2, 0.25) is 0 Å². The van der Waals surface area contributed by atoms with Crippen LogP contribution in [0.4, 0.5) is 5.69 Å². The molecule has 1 N–H and O–H groups in total. The van der Waals surface area contributed by atoms with E-state index < -0.39 is 0 Å². The summed E-state index contributed by atoms with van der Waals surface area (Å²) < 4.78 is 11.2. The van der Waals surface area contributed by atoms with Crippen molar-refractivity contribution in [1.82, 2.24) is 0 Å². The van der Waals surface area contributed by atoms with Crippen LogP contribution in [0, 0.1) is 5.92 Å². The van der Waals surface area contributed by atoms with Crippen molar-refractivity contribution in [3.8, 4) is 11.5 Å². The van der Waals surface area contributed by atoms with Crippen LogP contribution in [0.2, 0.25) is 0 Å². The molecule has 0 fully saturated rings. The second-order valence-electron chi connectivity index (χ2n) is 6.09. The van der Waals surface area contributed by atoms with Crippen LogP contribution < -0.4 is 14.8 Å². The number of benzene rings is 2. The van der Waals surface area contributed by atoms with Gasteiger partial charge < -0.3 is 14.8 Å².